The van der Waals surface area contributed by atoms with E-state index in [1.165, 1.54) is 0 Å². The summed E-state index contributed by atoms with van der Waals surface area (Å²) in [5.41, 5.74) is 1.02. The van der Waals surface area contributed by atoms with Crippen molar-refractivity contribution < 1.29 is 13.7 Å². The molecule has 2 fully saturated rings. The predicted molar refractivity (Wildman–Crippen MR) is 88.3 cm³/mol. The van der Waals surface area contributed by atoms with Crippen LogP contribution in [0.2, 0.25) is 0 Å². The van der Waals surface area contributed by atoms with Gasteiger partial charge >= 0.3 is 0 Å². The zero-order valence-electron chi connectivity index (χ0n) is 14.4. The van der Waals surface area contributed by atoms with Crippen molar-refractivity contribution in [2.45, 2.75) is 38.6 Å². The number of furan rings is 1. The first-order valence-corrected chi connectivity index (χ1v) is 8.66. The summed E-state index contributed by atoms with van der Waals surface area (Å²) in [5, 5.41) is 4.17. The van der Waals surface area contributed by atoms with Gasteiger partial charge in [0.05, 0.1) is 24.6 Å². The lowest BCUT2D eigenvalue weighted by Gasteiger charge is -2.40. The highest BCUT2D eigenvalue weighted by atomic mass is 16.5. The van der Waals surface area contributed by atoms with Crippen molar-refractivity contribution >= 4 is 0 Å². The molecular weight excluding hydrogens is 306 g/mol. The molecule has 4 rings (SSSR count). The molecular formula is C18H25N3O3. The zero-order chi connectivity index (χ0) is 16.5. The number of hydrogen-bond acceptors (Lipinski definition) is 6. The maximum Gasteiger partial charge on any atom is 0.133 e. The summed E-state index contributed by atoms with van der Waals surface area (Å²) in [7, 11) is 1.84. The lowest BCUT2D eigenvalue weighted by molar-refractivity contribution is -0.0250. The Hall–Kier alpha value is -1.63. The van der Waals surface area contributed by atoms with E-state index < -0.39 is 0 Å². The highest BCUT2D eigenvalue weighted by Gasteiger charge is 2.44. The number of likely N-dealkylation sites (tertiary alicyclic amines) is 2. The normalized spacial score (nSPS) is 28.3. The van der Waals surface area contributed by atoms with Gasteiger partial charge in [-0.1, -0.05) is 5.16 Å². The van der Waals surface area contributed by atoms with Gasteiger partial charge in [-0.3, -0.25) is 9.80 Å². The molecule has 2 aromatic rings. The topological polar surface area (TPSA) is 54.9 Å². The quantitative estimate of drug-likeness (QED) is 0.838. The molecule has 24 heavy (non-hydrogen) atoms. The molecule has 0 unspecified atom stereocenters. The van der Waals surface area contributed by atoms with Gasteiger partial charge < -0.3 is 13.7 Å². The van der Waals surface area contributed by atoms with Crippen LogP contribution in [0.5, 0.6) is 0 Å². The minimum absolute atomic E-state index is 0.340. The zero-order valence-corrected chi connectivity index (χ0v) is 14.4. The van der Waals surface area contributed by atoms with Gasteiger partial charge in [-0.2, -0.15) is 0 Å². The Labute approximate surface area is 142 Å². The minimum atomic E-state index is 0.340. The third-order valence-electron chi connectivity index (χ3n) is 5.36. The maximum absolute atomic E-state index is 5.78. The molecule has 6 nitrogen and oxygen atoms in total. The SMILES string of the molecule is CO[C@@H]1CCN(Cc2cc(C)on2)[C@@H]2CN(Cc3ccco3)C[C@@H]21. The standard InChI is InChI=1S/C18H25N3O3/c1-13-8-14(19-24-13)9-21-6-5-18(22-2)16-11-20(12-17(16)21)10-15-4-3-7-23-15/h3-4,7-8,16-18H,5-6,9-12H2,1-2H3/t16-,17+,18+/m0/s1. The Morgan fingerprint density at radius 1 is 1.33 bits per heavy atom. The average Bonchev–Trinajstić information content (AvgIpc) is 3.30. The molecule has 0 spiro atoms. The Bertz CT molecular complexity index is 654. The number of hydrogen-bond donors (Lipinski definition) is 0. The summed E-state index contributed by atoms with van der Waals surface area (Å²) in [6.45, 7) is 6.80. The Kier molecular flexibility index (Phi) is 4.43. The Morgan fingerprint density at radius 2 is 2.25 bits per heavy atom. The minimum Gasteiger partial charge on any atom is -0.468 e. The van der Waals surface area contributed by atoms with E-state index in [1.807, 2.05) is 32.2 Å². The number of ether oxygens (including phenoxy) is 1. The van der Waals surface area contributed by atoms with Crippen LogP contribution in [0.25, 0.3) is 0 Å². The molecule has 0 N–H and O–H groups in total. The van der Waals surface area contributed by atoms with Crippen molar-refractivity contribution in [3.05, 3.63) is 41.7 Å². The number of fused-ring (bicyclic) bond motifs is 1. The second-order valence-electron chi connectivity index (χ2n) is 6.97. The van der Waals surface area contributed by atoms with Crippen molar-refractivity contribution in [1.82, 2.24) is 15.0 Å². The van der Waals surface area contributed by atoms with Crippen LogP contribution in [-0.2, 0) is 17.8 Å². The van der Waals surface area contributed by atoms with Gasteiger partial charge in [0.1, 0.15) is 11.5 Å². The Morgan fingerprint density at radius 3 is 2.96 bits per heavy atom. The molecule has 0 aliphatic carbocycles. The fraction of sp³-hybridized carbons (Fsp3) is 0.611. The lowest BCUT2D eigenvalue weighted by Crippen LogP contribution is -2.50. The number of piperidine rings is 1. The molecule has 0 saturated carbocycles. The maximum atomic E-state index is 5.78. The molecule has 0 aromatic carbocycles. The van der Waals surface area contributed by atoms with Crippen LogP contribution in [0.1, 0.15) is 23.6 Å². The van der Waals surface area contributed by atoms with Crippen LogP contribution in [0, 0.1) is 12.8 Å². The summed E-state index contributed by atoms with van der Waals surface area (Å²) < 4.78 is 16.5. The van der Waals surface area contributed by atoms with Gasteiger partial charge in [0.15, 0.2) is 0 Å². The van der Waals surface area contributed by atoms with Gasteiger partial charge in [-0.25, -0.2) is 0 Å². The molecule has 2 aromatic heterocycles. The van der Waals surface area contributed by atoms with Gasteiger partial charge in [-0.05, 0) is 25.5 Å². The van der Waals surface area contributed by atoms with Gasteiger partial charge in [0.2, 0.25) is 0 Å². The summed E-state index contributed by atoms with van der Waals surface area (Å²) in [6, 6.07) is 6.53. The van der Waals surface area contributed by atoms with E-state index in [2.05, 4.69) is 15.0 Å². The molecule has 2 aliphatic heterocycles. The molecule has 4 heterocycles. The Balaban J connectivity index is 1.47. The van der Waals surface area contributed by atoms with Crippen molar-refractivity contribution in [3.63, 3.8) is 0 Å². The molecule has 0 amide bonds. The van der Waals surface area contributed by atoms with Crippen LogP contribution in [0.4, 0.5) is 0 Å². The molecule has 0 radical (unpaired) electrons. The van der Waals surface area contributed by atoms with Crippen LogP contribution < -0.4 is 0 Å². The molecule has 2 aliphatic rings. The number of methoxy groups -OCH3 is 1. The van der Waals surface area contributed by atoms with Gasteiger partial charge in [0.25, 0.3) is 0 Å². The fourth-order valence-corrected chi connectivity index (χ4v) is 4.26. The van der Waals surface area contributed by atoms with Crippen molar-refractivity contribution in [1.29, 1.82) is 0 Å². The lowest BCUT2D eigenvalue weighted by atomic mass is 9.89. The fourth-order valence-electron chi connectivity index (χ4n) is 4.26. The van der Waals surface area contributed by atoms with E-state index in [4.69, 9.17) is 13.7 Å². The van der Waals surface area contributed by atoms with Crippen molar-refractivity contribution in [3.8, 4) is 0 Å². The van der Waals surface area contributed by atoms with E-state index in [0.29, 0.717) is 18.1 Å². The molecule has 2 saturated heterocycles. The third-order valence-corrected chi connectivity index (χ3v) is 5.36. The van der Waals surface area contributed by atoms with Crippen LogP contribution in [0.3, 0.4) is 0 Å². The van der Waals surface area contributed by atoms with E-state index in [1.54, 1.807) is 6.26 Å². The first-order chi connectivity index (χ1) is 11.7. The monoisotopic (exact) mass is 331 g/mol. The highest BCUT2D eigenvalue weighted by Crippen LogP contribution is 2.34. The van der Waals surface area contributed by atoms with E-state index in [-0.39, 0.29) is 0 Å². The van der Waals surface area contributed by atoms with Crippen LogP contribution in [0.15, 0.2) is 33.4 Å². The van der Waals surface area contributed by atoms with E-state index in [0.717, 1.165) is 56.4 Å². The van der Waals surface area contributed by atoms with E-state index in [9.17, 15) is 0 Å². The summed E-state index contributed by atoms with van der Waals surface area (Å²) in [4.78, 5) is 5.02. The predicted octanol–water partition coefficient (Wildman–Crippen LogP) is 2.30. The third kappa shape index (κ3) is 3.14. The molecule has 3 atom stereocenters. The number of rotatable bonds is 5. The summed E-state index contributed by atoms with van der Waals surface area (Å²) in [5.74, 6) is 2.44. The first kappa shape index (κ1) is 15.9. The van der Waals surface area contributed by atoms with Gasteiger partial charge in [-0.15, -0.1) is 0 Å². The van der Waals surface area contributed by atoms with Crippen LogP contribution in [-0.4, -0.2) is 53.8 Å². The first-order valence-electron chi connectivity index (χ1n) is 8.66. The second kappa shape index (κ2) is 6.70. The van der Waals surface area contributed by atoms with Gasteiger partial charge in [0, 0.05) is 51.3 Å². The molecule has 130 valence electrons. The van der Waals surface area contributed by atoms with Crippen molar-refractivity contribution in [2.24, 2.45) is 5.92 Å². The van der Waals surface area contributed by atoms with E-state index >= 15 is 0 Å². The highest BCUT2D eigenvalue weighted by molar-refractivity contribution is 5.07. The number of aryl methyl sites for hydroxylation is 1. The van der Waals surface area contributed by atoms with Crippen LogP contribution >= 0.6 is 0 Å². The summed E-state index contributed by atoms with van der Waals surface area (Å²) in [6.07, 6.45) is 3.16. The number of aromatic nitrogens is 1. The number of nitrogens with zero attached hydrogens (tertiary/aromatic N) is 3. The molecule has 6 heteroatoms. The summed E-state index contributed by atoms with van der Waals surface area (Å²) >= 11 is 0. The second-order valence-corrected chi connectivity index (χ2v) is 6.97. The van der Waals surface area contributed by atoms with Crippen molar-refractivity contribution in [2.75, 3.05) is 26.7 Å². The largest absolute Gasteiger partial charge is 0.468 e. The smallest absolute Gasteiger partial charge is 0.133 e. The molecule has 0 bridgehead atoms. The average molecular weight is 331 g/mol.